The molecular formula is C13H16ClN3OS. The maximum Gasteiger partial charge on any atom is 0.238 e. The Bertz CT molecular complexity index is 495. The fourth-order valence-corrected chi connectivity index (χ4v) is 2.72. The first-order valence-electron chi connectivity index (χ1n) is 6.15. The predicted octanol–water partition coefficient (Wildman–Crippen LogP) is 2.03. The number of nitrogens with zero attached hydrogens (tertiary/aromatic N) is 1. The van der Waals surface area contributed by atoms with E-state index in [0.29, 0.717) is 15.7 Å². The topological polar surface area (TPSA) is 58.4 Å². The number of nitrogens with one attached hydrogen (secondary N) is 1. The van der Waals surface area contributed by atoms with Crippen LogP contribution in [0.3, 0.4) is 0 Å². The largest absolute Gasteiger partial charge is 0.392 e. The molecule has 1 aliphatic heterocycles. The van der Waals surface area contributed by atoms with Crippen molar-refractivity contribution in [1.82, 2.24) is 4.90 Å². The smallest absolute Gasteiger partial charge is 0.238 e. The summed E-state index contributed by atoms with van der Waals surface area (Å²) in [7, 11) is 0. The molecule has 0 saturated carbocycles. The van der Waals surface area contributed by atoms with Gasteiger partial charge in [0.1, 0.15) is 0 Å². The quantitative estimate of drug-likeness (QED) is 0.835. The molecule has 1 unspecified atom stereocenters. The number of carbonyl (C=O) groups excluding carboxylic acids is 1. The molecule has 1 aliphatic rings. The van der Waals surface area contributed by atoms with Gasteiger partial charge in [0.25, 0.3) is 0 Å². The number of thiocarbonyl (C=S) groups is 1. The molecule has 4 nitrogen and oxygen atoms in total. The first kappa shape index (κ1) is 14.2. The van der Waals surface area contributed by atoms with Crippen LogP contribution in [0.2, 0.25) is 5.02 Å². The van der Waals surface area contributed by atoms with Crippen molar-refractivity contribution in [1.29, 1.82) is 0 Å². The van der Waals surface area contributed by atoms with E-state index in [0.717, 1.165) is 19.4 Å². The van der Waals surface area contributed by atoms with Gasteiger partial charge in [0.15, 0.2) is 0 Å². The Morgan fingerprint density at radius 3 is 2.95 bits per heavy atom. The van der Waals surface area contributed by atoms with E-state index in [1.54, 1.807) is 12.1 Å². The fourth-order valence-electron chi connectivity index (χ4n) is 2.27. The van der Waals surface area contributed by atoms with Crippen LogP contribution in [0.4, 0.5) is 5.69 Å². The number of nitrogens with two attached hydrogens (primary N) is 1. The number of para-hydroxylation sites is 1. The van der Waals surface area contributed by atoms with Gasteiger partial charge in [-0.05, 0) is 31.5 Å². The molecule has 6 heteroatoms. The number of halogens is 1. The average Bonchev–Trinajstić information content (AvgIpc) is 2.80. The number of hydrogen-bond acceptors (Lipinski definition) is 3. The summed E-state index contributed by atoms with van der Waals surface area (Å²) in [5, 5.41) is 3.33. The molecule has 1 atom stereocenters. The van der Waals surface area contributed by atoms with Crippen LogP contribution in [0.15, 0.2) is 24.3 Å². The maximum atomic E-state index is 12.0. The average molecular weight is 298 g/mol. The monoisotopic (exact) mass is 297 g/mol. The van der Waals surface area contributed by atoms with Gasteiger partial charge in [-0.25, -0.2) is 0 Å². The maximum absolute atomic E-state index is 12.0. The van der Waals surface area contributed by atoms with Crippen molar-refractivity contribution in [2.75, 3.05) is 18.4 Å². The molecule has 1 aromatic carbocycles. The summed E-state index contributed by atoms with van der Waals surface area (Å²) in [4.78, 5) is 14.5. The highest BCUT2D eigenvalue weighted by Crippen LogP contribution is 2.21. The van der Waals surface area contributed by atoms with Gasteiger partial charge < -0.3 is 11.1 Å². The van der Waals surface area contributed by atoms with Crippen molar-refractivity contribution >= 4 is 40.4 Å². The Labute approximate surface area is 122 Å². The van der Waals surface area contributed by atoms with Gasteiger partial charge in [0.2, 0.25) is 5.91 Å². The zero-order valence-electron chi connectivity index (χ0n) is 10.4. The van der Waals surface area contributed by atoms with Crippen molar-refractivity contribution in [3.63, 3.8) is 0 Å². The molecule has 3 N–H and O–H groups in total. The summed E-state index contributed by atoms with van der Waals surface area (Å²) in [5.41, 5.74) is 6.30. The third kappa shape index (κ3) is 3.65. The van der Waals surface area contributed by atoms with Crippen molar-refractivity contribution < 1.29 is 4.79 Å². The van der Waals surface area contributed by atoms with E-state index in [-0.39, 0.29) is 18.5 Å². The lowest BCUT2D eigenvalue weighted by atomic mass is 10.2. The first-order valence-corrected chi connectivity index (χ1v) is 6.94. The Morgan fingerprint density at radius 2 is 2.26 bits per heavy atom. The number of anilines is 1. The van der Waals surface area contributed by atoms with Gasteiger partial charge in [-0.15, -0.1) is 0 Å². The van der Waals surface area contributed by atoms with Gasteiger partial charge in [0, 0.05) is 0 Å². The summed E-state index contributed by atoms with van der Waals surface area (Å²) < 4.78 is 0. The zero-order valence-corrected chi connectivity index (χ0v) is 12.0. The Hall–Kier alpha value is -1.17. The standard InChI is InChI=1S/C13H16ClN3OS/c14-9-4-1-2-5-10(9)16-12(18)8-17-7-3-6-11(17)13(15)19/h1-2,4-5,11H,3,6-8H2,(H2,15,19)(H,16,18). The normalized spacial score (nSPS) is 19.3. The van der Waals surface area contributed by atoms with Gasteiger partial charge in [0.05, 0.1) is 28.3 Å². The van der Waals surface area contributed by atoms with E-state index in [2.05, 4.69) is 5.32 Å². The second kappa shape index (κ2) is 6.32. The first-order chi connectivity index (χ1) is 9.08. The van der Waals surface area contributed by atoms with Crippen LogP contribution >= 0.6 is 23.8 Å². The molecule has 0 aromatic heterocycles. The Kier molecular flexibility index (Phi) is 4.74. The molecule has 19 heavy (non-hydrogen) atoms. The van der Waals surface area contributed by atoms with Crippen molar-refractivity contribution in [3.8, 4) is 0 Å². The predicted molar refractivity (Wildman–Crippen MR) is 81.5 cm³/mol. The molecule has 0 bridgehead atoms. The van der Waals surface area contributed by atoms with Crippen molar-refractivity contribution in [2.24, 2.45) is 5.73 Å². The van der Waals surface area contributed by atoms with Gasteiger partial charge in [-0.2, -0.15) is 0 Å². The summed E-state index contributed by atoms with van der Waals surface area (Å²) in [6.07, 6.45) is 1.94. The number of benzene rings is 1. The molecular weight excluding hydrogens is 282 g/mol. The lowest BCUT2D eigenvalue weighted by Crippen LogP contribution is -2.43. The zero-order chi connectivity index (χ0) is 13.8. The van der Waals surface area contributed by atoms with Gasteiger partial charge >= 0.3 is 0 Å². The molecule has 102 valence electrons. The number of likely N-dealkylation sites (tertiary alicyclic amines) is 1. The molecule has 0 radical (unpaired) electrons. The van der Waals surface area contributed by atoms with E-state index < -0.39 is 0 Å². The molecule has 0 aliphatic carbocycles. The number of carbonyl (C=O) groups is 1. The lowest BCUT2D eigenvalue weighted by molar-refractivity contribution is -0.117. The van der Waals surface area contributed by atoms with Crippen LogP contribution in [0.25, 0.3) is 0 Å². The number of hydrogen-bond donors (Lipinski definition) is 2. The van der Waals surface area contributed by atoms with Crippen molar-refractivity contribution in [3.05, 3.63) is 29.3 Å². The Balaban J connectivity index is 1.95. The highest BCUT2D eigenvalue weighted by molar-refractivity contribution is 7.80. The molecule has 2 rings (SSSR count). The van der Waals surface area contributed by atoms with Crippen LogP contribution in [0.1, 0.15) is 12.8 Å². The van der Waals surface area contributed by atoms with Crippen LogP contribution in [0, 0.1) is 0 Å². The van der Waals surface area contributed by atoms with Crippen LogP contribution in [-0.4, -0.2) is 34.9 Å². The highest BCUT2D eigenvalue weighted by atomic mass is 35.5. The highest BCUT2D eigenvalue weighted by Gasteiger charge is 2.28. The molecule has 1 aromatic rings. The van der Waals surface area contributed by atoms with Crippen LogP contribution < -0.4 is 11.1 Å². The minimum Gasteiger partial charge on any atom is -0.392 e. The van der Waals surface area contributed by atoms with E-state index in [4.69, 9.17) is 29.6 Å². The molecule has 1 saturated heterocycles. The van der Waals surface area contributed by atoms with Crippen LogP contribution in [0.5, 0.6) is 0 Å². The van der Waals surface area contributed by atoms with Gasteiger partial charge in [-0.1, -0.05) is 36.0 Å². The van der Waals surface area contributed by atoms with Crippen molar-refractivity contribution in [2.45, 2.75) is 18.9 Å². The lowest BCUT2D eigenvalue weighted by Gasteiger charge is -2.22. The second-order valence-electron chi connectivity index (χ2n) is 4.56. The third-order valence-electron chi connectivity index (χ3n) is 3.19. The number of rotatable bonds is 4. The summed E-state index contributed by atoms with van der Waals surface area (Å²) >= 11 is 11.0. The minimum atomic E-state index is -0.101. The third-order valence-corrected chi connectivity index (χ3v) is 3.79. The fraction of sp³-hybridized carbons (Fsp3) is 0.385. The summed E-state index contributed by atoms with van der Waals surface area (Å²) in [6, 6.07) is 7.20. The second-order valence-corrected chi connectivity index (χ2v) is 5.44. The molecule has 1 amide bonds. The van der Waals surface area contributed by atoms with Crippen LogP contribution in [-0.2, 0) is 4.79 Å². The molecule has 1 fully saturated rings. The summed E-state index contributed by atoms with van der Waals surface area (Å²) in [5.74, 6) is -0.101. The molecule has 1 heterocycles. The summed E-state index contributed by atoms with van der Waals surface area (Å²) in [6.45, 7) is 1.13. The van der Waals surface area contributed by atoms with Gasteiger partial charge in [-0.3, -0.25) is 9.69 Å². The van der Waals surface area contributed by atoms with E-state index in [9.17, 15) is 4.79 Å². The number of amides is 1. The SMILES string of the molecule is NC(=S)C1CCCN1CC(=O)Nc1ccccc1Cl. The van der Waals surface area contributed by atoms with E-state index in [1.165, 1.54) is 0 Å². The van der Waals surface area contributed by atoms with E-state index >= 15 is 0 Å². The Morgan fingerprint density at radius 1 is 1.53 bits per heavy atom. The minimum absolute atomic E-state index is 0.0343. The molecule has 0 spiro atoms. The van der Waals surface area contributed by atoms with E-state index in [1.807, 2.05) is 17.0 Å².